The van der Waals surface area contributed by atoms with Gasteiger partial charge in [0.1, 0.15) is 0 Å². The fourth-order valence-corrected chi connectivity index (χ4v) is 4.21. The van der Waals surface area contributed by atoms with E-state index in [-0.39, 0.29) is 11.8 Å². The van der Waals surface area contributed by atoms with Crippen molar-refractivity contribution in [2.45, 2.75) is 32.1 Å². The van der Waals surface area contributed by atoms with Crippen LogP contribution in [0.15, 0.2) is 42.5 Å². The largest absolute Gasteiger partial charge is 0.342 e. The third-order valence-corrected chi connectivity index (χ3v) is 5.80. The second-order valence-corrected chi connectivity index (χ2v) is 7.51. The van der Waals surface area contributed by atoms with Gasteiger partial charge in [0.2, 0.25) is 5.91 Å². The number of amides is 2. The van der Waals surface area contributed by atoms with Crippen molar-refractivity contribution in [2.75, 3.05) is 26.2 Å². The average Bonchev–Trinajstić information content (AvgIpc) is 2.73. The molecule has 4 heteroatoms. The monoisotopic (exact) mass is 350 g/mol. The Morgan fingerprint density at radius 3 is 2.19 bits per heavy atom. The Balaban J connectivity index is 1.39. The maximum absolute atomic E-state index is 12.9. The number of carbonyl (C=O) groups excluding carboxylic acids is 2. The molecular weight excluding hydrogens is 324 g/mol. The molecule has 4 rings (SSSR count). The maximum atomic E-state index is 12.9. The van der Waals surface area contributed by atoms with Crippen molar-refractivity contribution in [3.8, 4) is 0 Å². The zero-order chi connectivity index (χ0) is 17.9. The van der Waals surface area contributed by atoms with E-state index < -0.39 is 0 Å². The fraction of sp³-hybridized carbons (Fsp3) is 0.455. The first-order valence-corrected chi connectivity index (χ1v) is 9.79. The van der Waals surface area contributed by atoms with Gasteiger partial charge in [-0.25, -0.2) is 0 Å². The minimum atomic E-state index is 0.0830. The number of likely N-dealkylation sites (tertiary alicyclic amines) is 2. The first kappa shape index (κ1) is 17.1. The lowest BCUT2D eigenvalue weighted by atomic mass is 9.93. The van der Waals surface area contributed by atoms with Crippen molar-refractivity contribution in [3.05, 3.63) is 48.0 Å². The standard InChI is InChI=1S/C22H26N2O2/c25-21(23-12-4-1-5-13-23)18-10-14-24(15-11-18)22(26)20-9-8-17-6-2-3-7-19(17)16-20/h2-3,6-9,16,18H,1,4-5,10-15H2. The van der Waals surface area contributed by atoms with Crippen LogP contribution in [0.1, 0.15) is 42.5 Å². The smallest absolute Gasteiger partial charge is 0.253 e. The van der Waals surface area contributed by atoms with Crippen LogP contribution in [0, 0.1) is 5.92 Å². The van der Waals surface area contributed by atoms with Gasteiger partial charge in [0.25, 0.3) is 5.91 Å². The van der Waals surface area contributed by atoms with Crippen LogP contribution in [0.3, 0.4) is 0 Å². The van der Waals surface area contributed by atoms with Gasteiger partial charge in [-0.2, -0.15) is 0 Å². The number of hydrogen-bond donors (Lipinski definition) is 0. The number of nitrogens with zero attached hydrogens (tertiary/aromatic N) is 2. The Hall–Kier alpha value is -2.36. The molecule has 26 heavy (non-hydrogen) atoms. The van der Waals surface area contributed by atoms with Gasteiger partial charge in [0.05, 0.1) is 0 Å². The first-order chi connectivity index (χ1) is 12.7. The molecule has 0 saturated carbocycles. The number of hydrogen-bond acceptors (Lipinski definition) is 2. The highest BCUT2D eigenvalue weighted by Gasteiger charge is 2.31. The average molecular weight is 350 g/mol. The molecule has 0 radical (unpaired) electrons. The zero-order valence-corrected chi connectivity index (χ0v) is 15.2. The summed E-state index contributed by atoms with van der Waals surface area (Å²) in [5.74, 6) is 0.482. The summed E-state index contributed by atoms with van der Waals surface area (Å²) in [6.07, 6.45) is 5.07. The highest BCUT2D eigenvalue weighted by Crippen LogP contribution is 2.24. The summed E-state index contributed by atoms with van der Waals surface area (Å²) in [4.78, 5) is 29.5. The van der Waals surface area contributed by atoms with Crippen LogP contribution in [0.2, 0.25) is 0 Å². The van der Waals surface area contributed by atoms with E-state index in [0.717, 1.165) is 55.1 Å². The lowest BCUT2D eigenvalue weighted by Gasteiger charge is -2.35. The molecule has 2 amide bonds. The molecule has 0 aromatic heterocycles. The van der Waals surface area contributed by atoms with Crippen LogP contribution >= 0.6 is 0 Å². The number of piperidine rings is 2. The summed E-state index contributed by atoms with van der Waals surface area (Å²) in [7, 11) is 0. The third kappa shape index (κ3) is 3.46. The summed E-state index contributed by atoms with van der Waals surface area (Å²) in [5.41, 5.74) is 0.740. The van der Waals surface area contributed by atoms with Crippen LogP contribution in [0.25, 0.3) is 10.8 Å². The van der Waals surface area contributed by atoms with E-state index in [0.29, 0.717) is 19.0 Å². The van der Waals surface area contributed by atoms with Crippen molar-refractivity contribution in [1.29, 1.82) is 0 Å². The number of rotatable bonds is 2. The molecule has 2 fully saturated rings. The van der Waals surface area contributed by atoms with Crippen LogP contribution in [0.5, 0.6) is 0 Å². The van der Waals surface area contributed by atoms with Crippen molar-refractivity contribution in [3.63, 3.8) is 0 Å². The molecule has 2 aliphatic heterocycles. The topological polar surface area (TPSA) is 40.6 Å². The molecule has 2 aromatic rings. The van der Waals surface area contributed by atoms with E-state index in [1.165, 1.54) is 6.42 Å². The van der Waals surface area contributed by atoms with Crippen molar-refractivity contribution in [1.82, 2.24) is 9.80 Å². The van der Waals surface area contributed by atoms with Gasteiger partial charge in [-0.1, -0.05) is 30.3 Å². The molecule has 0 atom stereocenters. The lowest BCUT2D eigenvalue weighted by molar-refractivity contribution is -0.137. The second kappa shape index (κ2) is 7.48. The highest BCUT2D eigenvalue weighted by molar-refractivity contribution is 5.98. The third-order valence-electron chi connectivity index (χ3n) is 5.80. The summed E-state index contributed by atoms with van der Waals surface area (Å²) in [6.45, 7) is 3.18. The minimum Gasteiger partial charge on any atom is -0.342 e. The van der Waals surface area contributed by atoms with Crippen LogP contribution in [-0.4, -0.2) is 47.8 Å². The van der Waals surface area contributed by atoms with Gasteiger partial charge < -0.3 is 9.80 Å². The molecule has 2 aromatic carbocycles. The molecule has 0 bridgehead atoms. The number of carbonyl (C=O) groups is 2. The molecular formula is C22H26N2O2. The molecule has 2 saturated heterocycles. The minimum absolute atomic E-state index is 0.0830. The summed E-state index contributed by atoms with van der Waals surface area (Å²) < 4.78 is 0. The summed E-state index contributed by atoms with van der Waals surface area (Å²) in [5, 5.41) is 2.24. The zero-order valence-electron chi connectivity index (χ0n) is 15.2. The SMILES string of the molecule is O=C(c1ccc2ccccc2c1)N1CCC(C(=O)N2CCCCC2)CC1. The molecule has 0 N–H and O–H groups in total. The maximum Gasteiger partial charge on any atom is 0.253 e. The number of benzene rings is 2. The second-order valence-electron chi connectivity index (χ2n) is 7.51. The molecule has 0 aliphatic carbocycles. The predicted molar refractivity (Wildman–Crippen MR) is 103 cm³/mol. The van der Waals surface area contributed by atoms with Crippen molar-refractivity contribution in [2.24, 2.45) is 5.92 Å². The Labute approximate surface area is 154 Å². The molecule has 136 valence electrons. The van der Waals surface area contributed by atoms with Gasteiger partial charge >= 0.3 is 0 Å². The summed E-state index contributed by atoms with van der Waals surface area (Å²) in [6, 6.07) is 14.0. The fourth-order valence-electron chi connectivity index (χ4n) is 4.21. The van der Waals surface area contributed by atoms with Gasteiger partial charge in [0.15, 0.2) is 0 Å². The van der Waals surface area contributed by atoms with E-state index in [9.17, 15) is 9.59 Å². The molecule has 0 unspecified atom stereocenters. The van der Waals surface area contributed by atoms with Crippen LogP contribution < -0.4 is 0 Å². The van der Waals surface area contributed by atoms with Gasteiger partial charge in [-0.15, -0.1) is 0 Å². The van der Waals surface area contributed by atoms with Crippen LogP contribution in [-0.2, 0) is 4.79 Å². The predicted octanol–water partition coefficient (Wildman–Crippen LogP) is 3.70. The highest BCUT2D eigenvalue weighted by atomic mass is 16.2. The lowest BCUT2D eigenvalue weighted by Crippen LogP contribution is -2.45. The molecule has 0 spiro atoms. The normalized spacial score (nSPS) is 18.9. The van der Waals surface area contributed by atoms with Gasteiger partial charge in [-0.3, -0.25) is 9.59 Å². The Morgan fingerprint density at radius 1 is 0.769 bits per heavy atom. The first-order valence-electron chi connectivity index (χ1n) is 9.79. The summed E-state index contributed by atoms with van der Waals surface area (Å²) >= 11 is 0. The van der Waals surface area contributed by atoms with Crippen molar-refractivity contribution < 1.29 is 9.59 Å². The Morgan fingerprint density at radius 2 is 1.46 bits per heavy atom. The van der Waals surface area contributed by atoms with Gasteiger partial charge in [0, 0.05) is 37.7 Å². The Kier molecular flexibility index (Phi) is 4.91. The van der Waals surface area contributed by atoms with Crippen molar-refractivity contribution >= 4 is 22.6 Å². The molecule has 2 aliphatic rings. The molecule has 4 nitrogen and oxygen atoms in total. The van der Waals surface area contributed by atoms with E-state index in [2.05, 4.69) is 6.07 Å². The van der Waals surface area contributed by atoms with Crippen LogP contribution in [0.4, 0.5) is 0 Å². The van der Waals surface area contributed by atoms with E-state index in [4.69, 9.17) is 0 Å². The van der Waals surface area contributed by atoms with E-state index in [1.54, 1.807) is 0 Å². The van der Waals surface area contributed by atoms with Gasteiger partial charge in [-0.05, 0) is 55.0 Å². The van der Waals surface area contributed by atoms with E-state index >= 15 is 0 Å². The number of fused-ring (bicyclic) bond motifs is 1. The Bertz CT molecular complexity index is 803. The molecule has 2 heterocycles. The van der Waals surface area contributed by atoms with E-state index in [1.807, 2.05) is 46.2 Å². The quantitative estimate of drug-likeness (QED) is 0.828.